The summed E-state index contributed by atoms with van der Waals surface area (Å²) in [6.07, 6.45) is 0. The van der Waals surface area contributed by atoms with E-state index in [0.717, 1.165) is 10.9 Å². The van der Waals surface area contributed by atoms with E-state index < -0.39 is 0 Å². The molecule has 0 aliphatic rings. The van der Waals surface area contributed by atoms with Gasteiger partial charge in [0.2, 0.25) is 0 Å². The van der Waals surface area contributed by atoms with Crippen molar-refractivity contribution in [3.05, 3.63) is 28.9 Å². The number of halogens is 1. The Hall–Kier alpha value is -1.02. The largest absolute Gasteiger partial charge is 0.276 e. The minimum atomic E-state index is 0.471. The van der Waals surface area contributed by atoms with Crippen LogP contribution < -0.4 is 0 Å². The van der Waals surface area contributed by atoms with E-state index >= 15 is 0 Å². The highest BCUT2D eigenvalue weighted by atomic mass is 35.5. The van der Waals surface area contributed by atoms with Crippen molar-refractivity contribution >= 4 is 22.5 Å². The Balaban J connectivity index is 2.80. The van der Waals surface area contributed by atoms with Crippen LogP contribution in [0.2, 0.25) is 5.15 Å². The van der Waals surface area contributed by atoms with Crippen LogP contribution in [0.3, 0.4) is 0 Å². The van der Waals surface area contributed by atoms with E-state index in [1.165, 1.54) is 5.56 Å². The molecule has 1 aromatic carbocycles. The summed E-state index contributed by atoms with van der Waals surface area (Å²) in [5, 5.41) is 8.50. The third kappa shape index (κ3) is 1.31. The molecule has 0 unspecified atom stereocenters. The number of hydrogen-bond donors (Lipinski definition) is 1. The maximum absolute atomic E-state index is 5.98. The van der Waals surface area contributed by atoms with Crippen molar-refractivity contribution < 1.29 is 0 Å². The average molecular weight is 195 g/mol. The second kappa shape index (κ2) is 3.04. The van der Waals surface area contributed by atoms with E-state index in [1.807, 2.05) is 12.1 Å². The number of nitrogens with one attached hydrogen (secondary N) is 1. The molecule has 0 radical (unpaired) electrons. The van der Waals surface area contributed by atoms with Crippen LogP contribution in [0.1, 0.15) is 25.3 Å². The van der Waals surface area contributed by atoms with Crippen molar-refractivity contribution in [3.63, 3.8) is 0 Å². The predicted octanol–water partition coefficient (Wildman–Crippen LogP) is 3.34. The van der Waals surface area contributed by atoms with Crippen LogP contribution in [0.25, 0.3) is 10.9 Å². The quantitative estimate of drug-likeness (QED) is 0.741. The molecule has 1 heterocycles. The average Bonchev–Trinajstić information content (AvgIpc) is 2.48. The summed E-state index contributed by atoms with van der Waals surface area (Å²) < 4.78 is 0. The lowest BCUT2D eigenvalue weighted by atomic mass is 10.00. The molecule has 0 amide bonds. The standard InChI is InChI=1S/C10H11ClN2/c1-6(2)7-4-3-5-8-9(7)10(11)13-12-8/h3-6H,1-2H3,(H,12,13). The minimum Gasteiger partial charge on any atom is -0.276 e. The van der Waals surface area contributed by atoms with Gasteiger partial charge < -0.3 is 0 Å². The van der Waals surface area contributed by atoms with Gasteiger partial charge in [-0.05, 0) is 17.5 Å². The molecule has 0 atom stereocenters. The first-order valence-electron chi connectivity index (χ1n) is 4.32. The van der Waals surface area contributed by atoms with Crippen LogP contribution in [0.4, 0.5) is 0 Å². The number of hydrogen-bond acceptors (Lipinski definition) is 1. The van der Waals surface area contributed by atoms with Gasteiger partial charge in [0.1, 0.15) is 0 Å². The summed E-state index contributed by atoms with van der Waals surface area (Å²) >= 11 is 5.98. The van der Waals surface area contributed by atoms with Gasteiger partial charge in [0.25, 0.3) is 0 Å². The van der Waals surface area contributed by atoms with Crippen molar-refractivity contribution in [1.82, 2.24) is 10.2 Å². The van der Waals surface area contributed by atoms with E-state index in [2.05, 4.69) is 30.1 Å². The van der Waals surface area contributed by atoms with Crippen molar-refractivity contribution in [2.75, 3.05) is 0 Å². The van der Waals surface area contributed by atoms with E-state index in [1.54, 1.807) is 0 Å². The van der Waals surface area contributed by atoms with Crippen LogP contribution in [-0.2, 0) is 0 Å². The lowest BCUT2D eigenvalue weighted by Gasteiger charge is -2.05. The summed E-state index contributed by atoms with van der Waals surface area (Å²) in [5.41, 5.74) is 2.26. The highest BCUT2D eigenvalue weighted by Gasteiger charge is 2.09. The first-order chi connectivity index (χ1) is 6.20. The monoisotopic (exact) mass is 194 g/mol. The van der Waals surface area contributed by atoms with E-state index in [0.29, 0.717) is 11.1 Å². The predicted molar refractivity (Wildman–Crippen MR) is 55.2 cm³/mol. The smallest absolute Gasteiger partial charge is 0.158 e. The molecule has 0 saturated carbocycles. The third-order valence-corrected chi connectivity index (χ3v) is 2.47. The fraction of sp³-hybridized carbons (Fsp3) is 0.300. The van der Waals surface area contributed by atoms with Crippen LogP contribution in [0.15, 0.2) is 18.2 Å². The molecular weight excluding hydrogens is 184 g/mol. The summed E-state index contributed by atoms with van der Waals surface area (Å²) in [5.74, 6) is 0.471. The van der Waals surface area contributed by atoms with Gasteiger partial charge in [-0.1, -0.05) is 37.6 Å². The minimum absolute atomic E-state index is 0.471. The number of nitrogens with zero attached hydrogens (tertiary/aromatic N) is 1. The van der Waals surface area contributed by atoms with E-state index in [4.69, 9.17) is 11.6 Å². The van der Waals surface area contributed by atoms with Crippen LogP contribution >= 0.6 is 11.6 Å². The van der Waals surface area contributed by atoms with Gasteiger partial charge >= 0.3 is 0 Å². The van der Waals surface area contributed by atoms with Gasteiger partial charge in [-0.3, -0.25) is 5.10 Å². The molecule has 0 aliphatic heterocycles. The highest BCUT2D eigenvalue weighted by molar-refractivity contribution is 6.34. The van der Waals surface area contributed by atoms with Crippen molar-refractivity contribution in [2.45, 2.75) is 19.8 Å². The number of fused-ring (bicyclic) bond motifs is 1. The van der Waals surface area contributed by atoms with Crippen molar-refractivity contribution in [2.24, 2.45) is 0 Å². The maximum atomic E-state index is 5.98. The molecule has 13 heavy (non-hydrogen) atoms. The molecule has 0 spiro atoms. The summed E-state index contributed by atoms with van der Waals surface area (Å²) in [4.78, 5) is 0. The molecule has 3 heteroatoms. The topological polar surface area (TPSA) is 28.7 Å². The molecule has 1 aromatic heterocycles. The van der Waals surface area contributed by atoms with E-state index in [9.17, 15) is 0 Å². The Morgan fingerprint density at radius 3 is 2.85 bits per heavy atom. The second-order valence-electron chi connectivity index (χ2n) is 3.44. The number of rotatable bonds is 1. The normalized spacial score (nSPS) is 11.4. The molecule has 1 N–H and O–H groups in total. The summed E-state index contributed by atoms with van der Waals surface area (Å²) in [6.45, 7) is 4.30. The Kier molecular flexibility index (Phi) is 2.00. The number of aromatic nitrogens is 2. The van der Waals surface area contributed by atoms with Gasteiger partial charge in [0.15, 0.2) is 5.15 Å². The Morgan fingerprint density at radius 1 is 1.38 bits per heavy atom. The van der Waals surface area contributed by atoms with Gasteiger partial charge in [0.05, 0.1) is 5.52 Å². The third-order valence-electron chi connectivity index (χ3n) is 2.20. The fourth-order valence-corrected chi connectivity index (χ4v) is 1.79. The zero-order valence-corrected chi connectivity index (χ0v) is 8.39. The molecule has 68 valence electrons. The Labute approximate surface area is 81.9 Å². The molecule has 0 aliphatic carbocycles. The van der Waals surface area contributed by atoms with Gasteiger partial charge in [-0.25, -0.2) is 0 Å². The number of H-pyrrole nitrogens is 1. The van der Waals surface area contributed by atoms with Crippen molar-refractivity contribution in [1.29, 1.82) is 0 Å². The Bertz CT molecular complexity index is 431. The maximum Gasteiger partial charge on any atom is 0.158 e. The molecule has 2 rings (SSSR count). The van der Waals surface area contributed by atoms with Gasteiger partial charge in [0, 0.05) is 5.39 Å². The van der Waals surface area contributed by atoms with Crippen LogP contribution in [0, 0.1) is 0 Å². The van der Waals surface area contributed by atoms with Crippen molar-refractivity contribution in [3.8, 4) is 0 Å². The first kappa shape index (κ1) is 8.57. The molecule has 2 nitrogen and oxygen atoms in total. The SMILES string of the molecule is CC(C)c1cccc2[nH]nc(Cl)c12. The molecule has 2 aromatic rings. The zero-order valence-electron chi connectivity index (χ0n) is 7.63. The van der Waals surface area contributed by atoms with E-state index in [-0.39, 0.29) is 0 Å². The lowest BCUT2D eigenvalue weighted by molar-refractivity contribution is 0.876. The molecule has 0 bridgehead atoms. The van der Waals surface area contributed by atoms with Crippen LogP contribution in [-0.4, -0.2) is 10.2 Å². The summed E-state index contributed by atoms with van der Waals surface area (Å²) in [6, 6.07) is 6.10. The summed E-state index contributed by atoms with van der Waals surface area (Å²) in [7, 11) is 0. The number of benzene rings is 1. The Morgan fingerprint density at radius 2 is 2.15 bits per heavy atom. The van der Waals surface area contributed by atoms with Crippen LogP contribution in [0.5, 0.6) is 0 Å². The highest BCUT2D eigenvalue weighted by Crippen LogP contribution is 2.28. The molecule has 0 saturated heterocycles. The number of aromatic amines is 1. The fourth-order valence-electron chi connectivity index (χ4n) is 1.54. The molecule has 0 fully saturated rings. The lowest BCUT2D eigenvalue weighted by Crippen LogP contribution is -1.87. The van der Waals surface area contributed by atoms with Gasteiger partial charge in [-0.2, -0.15) is 5.10 Å². The zero-order chi connectivity index (χ0) is 9.42. The second-order valence-corrected chi connectivity index (χ2v) is 3.80. The first-order valence-corrected chi connectivity index (χ1v) is 4.70. The van der Waals surface area contributed by atoms with Gasteiger partial charge in [-0.15, -0.1) is 0 Å². The molecular formula is C10H11ClN2.